The summed E-state index contributed by atoms with van der Waals surface area (Å²) in [5.41, 5.74) is 0. The van der Waals surface area contributed by atoms with Gasteiger partial charge >= 0.3 is 0 Å². The third-order valence-corrected chi connectivity index (χ3v) is 2.20. The lowest BCUT2D eigenvalue weighted by molar-refractivity contribution is 1.16. The second-order valence-corrected chi connectivity index (χ2v) is 3.47. The maximum absolute atomic E-state index is 5.68. The number of hydrogen-bond acceptors (Lipinski definition) is 5. The fourth-order valence-electron chi connectivity index (χ4n) is 0.797. The van der Waals surface area contributed by atoms with E-state index >= 15 is 0 Å². The molecule has 0 radical (unpaired) electrons. The minimum absolute atomic E-state index is 0.411. The van der Waals surface area contributed by atoms with Crippen molar-refractivity contribution in [1.82, 2.24) is 15.0 Å². The molecular formula is C7H5ClN4S. The molecule has 0 saturated heterocycles. The summed E-state index contributed by atoms with van der Waals surface area (Å²) >= 11 is 7.17. The van der Waals surface area contributed by atoms with Crippen molar-refractivity contribution in [2.24, 2.45) is 0 Å². The lowest BCUT2D eigenvalue weighted by Crippen LogP contribution is -1.92. The molecule has 0 unspecified atom stereocenters. The Morgan fingerprint density at radius 1 is 1.31 bits per heavy atom. The quantitative estimate of drug-likeness (QED) is 0.777. The van der Waals surface area contributed by atoms with Crippen LogP contribution in [-0.2, 0) is 0 Å². The van der Waals surface area contributed by atoms with Gasteiger partial charge in [-0.05, 0) is 0 Å². The predicted octanol–water partition coefficient (Wildman–Crippen LogP) is 2.33. The van der Waals surface area contributed by atoms with Crippen molar-refractivity contribution < 1.29 is 0 Å². The average molecular weight is 213 g/mol. The minimum Gasteiger partial charge on any atom is -0.316 e. The number of rotatable bonds is 2. The van der Waals surface area contributed by atoms with Crippen molar-refractivity contribution in [3.63, 3.8) is 0 Å². The van der Waals surface area contributed by atoms with Gasteiger partial charge in [-0.2, -0.15) is 0 Å². The molecule has 0 aliphatic heterocycles. The molecule has 2 rings (SSSR count). The summed E-state index contributed by atoms with van der Waals surface area (Å²) in [7, 11) is 0. The van der Waals surface area contributed by atoms with Crippen LogP contribution in [0.1, 0.15) is 0 Å². The summed E-state index contributed by atoms with van der Waals surface area (Å²) in [5.74, 6) is 0.648. The van der Waals surface area contributed by atoms with Crippen LogP contribution in [0.2, 0.25) is 5.15 Å². The second kappa shape index (κ2) is 3.68. The van der Waals surface area contributed by atoms with E-state index in [9.17, 15) is 0 Å². The van der Waals surface area contributed by atoms with E-state index in [0.29, 0.717) is 11.0 Å². The zero-order chi connectivity index (χ0) is 9.10. The van der Waals surface area contributed by atoms with Gasteiger partial charge in [-0.1, -0.05) is 11.6 Å². The normalized spacial score (nSPS) is 9.92. The Labute approximate surface area is 83.6 Å². The van der Waals surface area contributed by atoms with Gasteiger partial charge in [-0.25, -0.2) is 15.0 Å². The number of anilines is 2. The van der Waals surface area contributed by atoms with Crippen LogP contribution < -0.4 is 5.32 Å². The number of aromatic nitrogens is 3. The van der Waals surface area contributed by atoms with Crippen LogP contribution in [0.4, 0.5) is 10.9 Å². The average Bonchev–Trinajstić information content (AvgIpc) is 2.57. The molecule has 6 heteroatoms. The van der Waals surface area contributed by atoms with Crippen LogP contribution in [0.15, 0.2) is 24.0 Å². The van der Waals surface area contributed by atoms with Crippen LogP contribution in [0, 0.1) is 0 Å². The van der Waals surface area contributed by atoms with E-state index in [4.69, 9.17) is 11.6 Å². The summed E-state index contributed by atoms with van der Waals surface area (Å²) in [4.78, 5) is 11.8. The van der Waals surface area contributed by atoms with Crippen LogP contribution in [0.5, 0.6) is 0 Å². The summed E-state index contributed by atoms with van der Waals surface area (Å²) in [5, 5.41) is 6.07. The van der Waals surface area contributed by atoms with E-state index in [1.165, 1.54) is 17.7 Å². The van der Waals surface area contributed by atoms with Crippen molar-refractivity contribution in [3.8, 4) is 0 Å². The Balaban J connectivity index is 2.19. The molecule has 0 bridgehead atoms. The molecule has 0 aliphatic carbocycles. The standard InChI is InChI=1S/C7H5ClN4S/c8-5-3-6(11-4-10-5)12-7-9-1-2-13-7/h1-4H,(H,9,10,11,12). The summed E-state index contributed by atoms with van der Waals surface area (Å²) in [6, 6.07) is 1.64. The van der Waals surface area contributed by atoms with Gasteiger partial charge in [0, 0.05) is 17.6 Å². The maximum Gasteiger partial charge on any atom is 0.188 e. The van der Waals surface area contributed by atoms with Gasteiger partial charge in [0.2, 0.25) is 0 Å². The summed E-state index contributed by atoms with van der Waals surface area (Å²) in [6.07, 6.45) is 3.12. The number of thiazole rings is 1. The first-order chi connectivity index (χ1) is 6.34. The summed E-state index contributed by atoms with van der Waals surface area (Å²) in [6.45, 7) is 0. The summed E-state index contributed by atoms with van der Waals surface area (Å²) < 4.78 is 0. The van der Waals surface area contributed by atoms with E-state index in [0.717, 1.165) is 5.13 Å². The first-order valence-electron chi connectivity index (χ1n) is 3.48. The molecule has 0 fully saturated rings. The Kier molecular flexibility index (Phi) is 2.37. The molecule has 2 heterocycles. The lowest BCUT2D eigenvalue weighted by atomic mass is 10.6. The third-order valence-electron chi connectivity index (χ3n) is 1.30. The molecule has 0 aromatic carbocycles. The molecule has 2 aromatic heterocycles. The topological polar surface area (TPSA) is 50.7 Å². The highest BCUT2D eigenvalue weighted by Crippen LogP contribution is 2.17. The number of hydrogen-bond donors (Lipinski definition) is 1. The first-order valence-corrected chi connectivity index (χ1v) is 4.74. The van der Waals surface area contributed by atoms with Crippen LogP contribution in [-0.4, -0.2) is 15.0 Å². The van der Waals surface area contributed by atoms with Crippen molar-refractivity contribution >= 4 is 33.9 Å². The minimum atomic E-state index is 0.411. The maximum atomic E-state index is 5.68. The van der Waals surface area contributed by atoms with Crippen molar-refractivity contribution in [2.45, 2.75) is 0 Å². The molecular weight excluding hydrogens is 208 g/mol. The zero-order valence-corrected chi connectivity index (χ0v) is 8.01. The fourth-order valence-corrected chi connectivity index (χ4v) is 1.48. The highest BCUT2D eigenvalue weighted by atomic mass is 35.5. The second-order valence-electron chi connectivity index (χ2n) is 2.19. The van der Waals surface area contributed by atoms with Crippen molar-refractivity contribution in [1.29, 1.82) is 0 Å². The van der Waals surface area contributed by atoms with Crippen LogP contribution >= 0.6 is 22.9 Å². The van der Waals surface area contributed by atoms with E-state index in [1.807, 2.05) is 5.38 Å². The molecule has 0 atom stereocenters. The highest BCUT2D eigenvalue weighted by Gasteiger charge is 1.98. The first kappa shape index (κ1) is 8.40. The fraction of sp³-hybridized carbons (Fsp3) is 0. The van der Waals surface area contributed by atoms with E-state index in [-0.39, 0.29) is 0 Å². The lowest BCUT2D eigenvalue weighted by Gasteiger charge is -1.99. The zero-order valence-electron chi connectivity index (χ0n) is 6.44. The molecule has 0 aliphatic rings. The van der Waals surface area contributed by atoms with Gasteiger partial charge in [0.05, 0.1) is 0 Å². The molecule has 1 N–H and O–H groups in total. The predicted molar refractivity (Wildman–Crippen MR) is 52.4 cm³/mol. The highest BCUT2D eigenvalue weighted by molar-refractivity contribution is 7.13. The monoisotopic (exact) mass is 212 g/mol. The molecule has 4 nitrogen and oxygen atoms in total. The van der Waals surface area contributed by atoms with Crippen LogP contribution in [0.3, 0.4) is 0 Å². The van der Waals surface area contributed by atoms with Gasteiger partial charge in [0.25, 0.3) is 0 Å². The van der Waals surface area contributed by atoms with Crippen molar-refractivity contribution in [2.75, 3.05) is 5.32 Å². The van der Waals surface area contributed by atoms with Gasteiger partial charge in [0.1, 0.15) is 17.3 Å². The molecule has 0 spiro atoms. The number of halogens is 1. The Hall–Kier alpha value is -1.20. The van der Waals surface area contributed by atoms with Crippen LogP contribution in [0.25, 0.3) is 0 Å². The Morgan fingerprint density at radius 2 is 2.23 bits per heavy atom. The SMILES string of the molecule is Clc1cc(Nc2nccs2)ncn1. The molecule has 66 valence electrons. The smallest absolute Gasteiger partial charge is 0.188 e. The van der Waals surface area contributed by atoms with E-state index in [2.05, 4.69) is 20.3 Å². The van der Waals surface area contributed by atoms with Gasteiger partial charge < -0.3 is 5.32 Å². The van der Waals surface area contributed by atoms with E-state index in [1.54, 1.807) is 12.3 Å². The van der Waals surface area contributed by atoms with Gasteiger partial charge in [0.15, 0.2) is 5.13 Å². The third kappa shape index (κ3) is 2.13. The molecule has 2 aromatic rings. The Bertz CT molecular complexity index is 389. The Morgan fingerprint density at radius 3 is 2.92 bits per heavy atom. The van der Waals surface area contributed by atoms with Crippen molar-refractivity contribution in [3.05, 3.63) is 29.1 Å². The van der Waals surface area contributed by atoms with E-state index < -0.39 is 0 Å². The molecule has 0 saturated carbocycles. The number of nitrogens with zero attached hydrogens (tertiary/aromatic N) is 3. The molecule has 13 heavy (non-hydrogen) atoms. The van der Waals surface area contributed by atoms with Gasteiger partial charge in [-0.3, -0.25) is 0 Å². The largest absolute Gasteiger partial charge is 0.316 e. The number of nitrogens with one attached hydrogen (secondary N) is 1. The molecule has 0 amide bonds. The van der Waals surface area contributed by atoms with Gasteiger partial charge in [-0.15, -0.1) is 11.3 Å².